The Bertz CT molecular complexity index is 924. The van der Waals surface area contributed by atoms with Gasteiger partial charge in [-0.3, -0.25) is 0 Å². The van der Waals surface area contributed by atoms with Crippen LogP contribution in [0.15, 0.2) is 30.5 Å². The molecule has 0 aromatic carbocycles. The van der Waals surface area contributed by atoms with Gasteiger partial charge in [0.15, 0.2) is 0 Å². The Morgan fingerprint density at radius 3 is 2.34 bits per heavy atom. The van der Waals surface area contributed by atoms with Gasteiger partial charge in [-0.05, 0) is 64.5 Å². The number of aromatic nitrogens is 2. The summed E-state index contributed by atoms with van der Waals surface area (Å²) >= 11 is 0. The number of rotatable bonds is 4. The maximum absolute atomic E-state index is 5.19. The normalized spacial score (nSPS) is 24.3. The summed E-state index contributed by atoms with van der Waals surface area (Å²) in [5.74, 6) is 3.48. The maximum Gasteiger partial charge on any atom is 0.133 e. The summed E-state index contributed by atoms with van der Waals surface area (Å²) in [6.45, 7) is 13.3. The van der Waals surface area contributed by atoms with Crippen LogP contribution in [0.4, 0.5) is 23.1 Å². The molecule has 5 heterocycles. The average molecular weight is 435 g/mol. The molecule has 6 heteroatoms. The van der Waals surface area contributed by atoms with Crippen molar-refractivity contribution in [3.05, 3.63) is 36.0 Å². The molecule has 2 aromatic heterocycles. The second-order valence-corrected chi connectivity index (χ2v) is 9.91. The number of nitrogens with zero attached hydrogens (tertiary/aromatic N) is 6. The van der Waals surface area contributed by atoms with E-state index in [0.717, 1.165) is 45.1 Å². The molecule has 32 heavy (non-hydrogen) atoms. The molecule has 0 aliphatic carbocycles. The molecule has 3 fully saturated rings. The lowest BCUT2D eigenvalue weighted by Gasteiger charge is -2.42. The van der Waals surface area contributed by atoms with E-state index in [1.54, 1.807) is 0 Å². The molecule has 0 radical (unpaired) electrons. The van der Waals surface area contributed by atoms with Crippen molar-refractivity contribution in [1.82, 2.24) is 9.97 Å². The monoisotopic (exact) mass is 434 g/mol. The van der Waals surface area contributed by atoms with Gasteiger partial charge in [0, 0.05) is 75.4 Å². The molecule has 0 unspecified atom stereocenters. The summed E-state index contributed by atoms with van der Waals surface area (Å²) < 4.78 is 0. The number of hydrogen-bond donors (Lipinski definition) is 0. The predicted octanol–water partition coefficient (Wildman–Crippen LogP) is 4.48. The first-order chi connectivity index (χ1) is 15.6. The van der Waals surface area contributed by atoms with Crippen molar-refractivity contribution in [2.24, 2.45) is 0 Å². The molecule has 3 aliphatic rings. The lowest BCUT2D eigenvalue weighted by molar-refractivity contribution is 0.545. The second-order valence-electron chi connectivity index (χ2n) is 9.91. The van der Waals surface area contributed by atoms with Crippen molar-refractivity contribution in [1.29, 1.82) is 0 Å². The first-order valence-corrected chi connectivity index (χ1v) is 12.6. The number of anilines is 4. The highest BCUT2D eigenvalue weighted by molar-refractivity contribution is 5.65. The largest absolute Gasteiger partial charge is 0.365 e. The van der Waals surface area contributed by atoms with Gasteiger partial charge < -0.3 is 19.6 Å². The standard InChI is InChI=1S/C26H38N6/c1-20-9-7-11-27-26(20)30-15-16-31(22(3)19-30)23-17-24(29-12-5-4-6-13-29)28-25(18-23)32-14-8-10-21(32)2/h7,9,11,17-18,21-22H,4-6,8,10,12-16,19H2,1-3H3/t21-,22-/m1/s1. The van der Waals surface area contributed by atoms with Gasteiger partial charge in [0.1, 0.15) is 17.5 Å². The van der Waals surface area contributed by atoms with Crippen molar-refractivity contribution in [3.63, 3.8) is 0 Å². The van der Waals surface area contributed by atoms with Crippen LogP contribution >= 0.6 is 0 Å². The summed E-state index contributed by atoms with van der Waals surface area (Å²) in [5.41, 5.74) is 2.59. The minimum absolute atomic E-state index is 0.422. The Morgan fingerprint density at radius 1 is 0.812 bits per heavy atom. The summed E-state index contributed by atoms with van der Waals surface area (Å²) in [6, 6.07) is 9.90. The first-order valence-electron chi connectivity index (χ1n) is 12.6. The molecule has 6 nitrogen and oxygen atoms in total. The van der Waals surface area contributed by atoms with Crippen LogP contribution in [0.25, 0.3) is 0 Å². The molecule has 0 amide bonds. The van der Waals surface area contributed by atoms with Crippen molar-refractivity contribution in [3.8, 4) is 0 Å². The van der Waals surface area contributed by atoms with E-state index in [-0.39, 0.29) is 0 Å². The number of piperazine rings is 1. The zero-order chi connectivity index (χ0) is 22.1. The molecule has 172 valence electrons. The molecule has 3 aliphatic heterocycles. The van der Waals surface area contributed by atoms with Crippen LogP contribution in [0.2, 0.25) is 0 Å². The zero-order valence-corrected chi connectivity index (χ0v) is 20.0. The van der Waals surface area contributed by atoms with E-state index >= 15 is 0 Å². The molecule has 5 rings (SSSR count). The van der Waals surface area contributed by atoms with Crippen LogP contribution in [0.3, 0.4) is 0 Å². The highest BCUT2D eigenvalue weighted by Crippen LogP contribution is 2.33. The molecule has 0 N–H and O–H groups in total. The molecule has 0 spiro atoms. The third kappa shape index (κ3) is 4.24. The topological polar surface area (TPSA) is 38.7 Å². The highest BCUT2D eigenvalue weighted by Gasteiger charge is 2.29. The number of piperidine rings is 1. The van der Waals surface area contributed by atoms with Gasteiger partial charge in [-0.2, -0.15) is 0 Å². The van der Waals surface area contributed by atoms with Crippen molar-refractivity contribution < 1.29 is 0 Å². The van der Waals surface area contributed by atoms with Crippen LogP contribution in [-0.4, -0.2) is 61.3 Å². The summed E-state index contributed by atoms with van der Waals surface area (Å²) in [4.78, 5) is 19.9. The molecular formula is C26H38N6. The van der Waals surface area contributed by atoms with Gasteiger partial charge in [-0.15, -0.1) is 0 Å². The van der Waals surface area contributed by atoms with Crippen LogP contribution in [0.1, 0.15) is 51.5 Å². The van der Waals surface area contributed by atoms with Gasteiger partial charge in [0.2, 0.25) is 0 Å². The van der Waals surface area contributed by atoms with E-state index in [0.29, 0.717) is 12.1 Å². The van der Waals surface area contributed by atoms with Crippen molar-refractivity contribution >= 4 is 23.1 Å². The molecule has 2 aromatic rings. The lowest BCUT2D eigenvalue weighted by atomic mass is 10.1. The Morgan fingerprint density at radius 2 is 1.62 bits per heavy atom. The smallest absolute Gasteiger partial charge is 0.133 e. The zero-order valence-electron chi connectivity index (χ0n) is 20.0. The fraction of sp³-hybridized carbons (Fsp3) is 0.615. The van der Waals surface area contributed by atoms with Gasteiger partial charge in [-0.1, -0.05) is 6.07 Å². The van der Waals surface area contributed by atoms with Gasteiger partial charge in [0.05, 0.1) is 0 Å². The van der Waals surface area contributed by atoms with E-state index in [1.165, 1.54) is 55.0 Å². The van der Waals surface area contributed by atoms with Gasteiger partial charge in [-0.25, -0.2) is 9.97 Å². The third-order valence-electron chi connectivity index (χ3n) is 7.55. The van der Waals surface area contributed by atoms with Crippen LogP contribution in [-0.2, 0) is 0 Å². The fourth-order valence-electron chi connectivity index (χ4n) is 5.70. The average Bonchev–Trinajstić information content (AvgIpc) is 3.25. The minimum atomic E-state index is 0.422. The van der Waals surface area contributed by atoms with Crippen molar-refractivity contribution in [2.45, 2.75) is 65.0 Å². The van der Waals surface area contributed by atoms with E-state index in [4.69, 9.17) is 4.98 Å². The van der Waals surface area contributed by atoms with Crippen molar-refractivity contribution in [2.75, 3.05) is 58.9 Å². The Kier molecular flexibility index (Phi) is 6.11. The molecular weight excluding hydrogens is 396 g/mol. The highest BCUT2D eigenvalue weighted by atomic mass is 15.3. The third-order valence-corrected chi connectivity index (χ3v) is 7.55. The molecule has 3 saturated heterocycles. The Balaban J connectivity index is 1.42. The van der Waals surface area contributed by atoms with Crippen LogP contribution < -0.4 is 19.6 Å². The predicted molar refractivity (Wildman–Crippen MR) is 134 cm³/mol. The van der Waals surface area contributed by atoms with Crippen LogP contribution in [0.5, 0.6) is 0 Å². The summed E-state index contributed by atoms with van der Waals surface area (Å²) in [7, 11) is 0. The van der Waals surface area contributed by atoms with Crippen LogP contribution in [0, 0.1) is 6.92 Å². The Hall–Kier alpha value is -2.50. The van der Waals surface area contributed by atoms with E-state index in [1.807, 2.05) is 12.3 Å². The number of pyridine rings is 2. The number of aryl methyl sites for hydroxylation is 1. The van der Waals surface area contributed by atoms with E-state index < -0.39 is 0 Å². The number of hydrogen-bond acceptors (Lipinski definition) is 6. The lowest BCUT2D eigenvalue weighted by Crippen LogP contribution is -2.52. The first kappa shape index (κ1) is 21.4. The summed E-state index contributed by atoms with van der Waals surface area (Å²) in [5, 5.41) is 0. The SMILES string of the molecule is Cc1cccnc1N1CCN(c2cc(N3CCCCC3)nc(N3CCC[C@H]3C)c2)[C@H](C)C1. The maximum atomic E-state index is 5.19. The van der Waals surface area contributed by atoms with Gasteiger partial charge in [0.25, 0.3) is 0 Å². The quantitative estimate of drug-likeness (QED) is 0.707. The second kappa shape index (κ2) is 9.16. The molecule has 2 atom stereocenters. The van der Waals surface area contributed by atoms with Gasteiger partial charge >= 0.3 is 0 Å². The summed E-state index contributed by atoms with van der Waals surface area (Å²) in [6.07, 6.45) is 8.35. The van der Waals surface area contributed by atoms with E-state index in [2.05, 4.69) is 63.6 Å². The molecule has 0 saturated carbocycles. The molecule has 0 bridgehead atoms. The Labute approximate surface area is 193 Å². The fourth-order valence-corrected chi connectivity index (χ4v) is 5.70. The van der Waals surface area contributed by atoms with E-state index in [9.17, 15) is 0 Å². The minimum Gasteiger partial charge on any atom is -0.365 e.